The van der Waals surface area contributed by atoms with Gasteiger partial charge in [-0.05, 0) is 24.3 Å². The summed E-state index contributed by atoms with van der Waals surface area (Å²) < 4.78 is 15.8. The van der Waals surface area contributed by atoms with Crippen molar-refractivity contribution >= 4 is 17.4 Å². The Morgan fingerprint density at radius 2 is 1.96 bits per heavy atom. The molecule has 0 aliphatic heterocycles. The number of methoxy groups -OCH3 is 1. The third-order valence-corrected chi connectivity index (χ3v) is 3.26. The molecule has 2 aromatic rings. The summed E-state index contributed by atoms with van der Waals surface area (Å²) in [6, 6.07) is 10.6. The van der Waals surface area contributed by atoms with Crippen LogP contribution in [0.4, 0.5) is 11.5 Å². The molecule has 1 aromatic heterocycles. The smallest absolute Gasteiger partial charge is 0.262 e. The van der Waals surface area contributed by atoms with E-state index in [1.54, 1.807) is 43.6 Å². The number of pyridine rings is 1. The number of carbonyl (C=O) groups is 1. The summed E-state index contributed by atoms with van der Waals surface area (Å²) in [7, 11) is 1.54. The monoisotopic (exact) mass is 361 g/mol. The van der Waals surface area contributed by atoms with Crippen molar-refractivity contribution in [3.8, 4) is 11.5 Å². The second kappa shape index (κ2) is 10.9. The lowest BCUT2D eigenvalue weighted by Crippen LogP contribution is -2.20. The van der Waals surface area contributed by atoms with Crippen molar-refractivity contribution in [1.82, 2.24) is 4.98 Å². The highest BCUT2D eigenvalue weighted by Crippen LogP contribution is 2.25. The van der Waals surface area contributed by atoms with Gasteiger partial charge in [-0.2, -0.15) is 0 Å². The Hall–Kier alpha value is -2.84. The molecule has 2 rings (SSSR count). The molecule has 1 heterocycles. The molecule has 0 saturated carbocycles. The number of nitrogens with zero attached hydrogens (tertiary/aromatic N) is 1. The maximum atomic E-state index is 12.0. The first kappa shape index (κ1) is 19.5. The quantitative estimate of drug-likeness (QED) is 0.522. The van der Waals surface area contributed by atoms with E-state index in [9.17, 15) is 4.79 Å². The van der Waals surface area contributed by atoms with Crippen LogP contribution in [0.5, 0.6) is 11.5 Å². The van der Waals surface area contributed by atoms with Gasteiger partial charge in [-0.15, -0.1) is 0 Å². The van der Waals surface area contributed by atoms with E-state index in [-0.39, 0.29) is 19.1 Å². The number of aliphatic hydroxyl groups excluding tert-OH is 1. The van der Waals surface area contributed by atoms with Crippen LogP contribution in [0.1, 0.15) is 0 Å². The van der Waals surface area contributed by atoms with Crippen molar-refractivity contribution in [2.45, 2.75) is 0 Å². The van der Waals surface area contributed by atoms with Crippen molar-refractivity contribution in [2.24, 2.45) is 0 Å². The molecule has 0 bridgehead atoms. The van der Waals surface area contributed by atoms with Crippen molar-refractivity contribution in [3.05, 3.63) is 42.6 Å². The predicted molar refractivity (Wildman–Crippen MR) is 97.8 cm³/mol. The highest BCUT2D eigenvalue weighted by atomic mass is 16.5. The highest BCUT2D eigenvalue weighted by molar-refractivity contribution is 5.91. The molecule has 0 unspecified atom stereocenters. The summed E-state index contributed by atoms with van der Waals surface area (Å²) >= 11 is 0. The zero-order valence-electron chi connectivity index (χ0n) is 14.6. The Balaban J connectivity index is 1.74. The number of aromatic nitrogens is 1. The normalized spacial score (nSPS) is 10.2. The second-order valence-electron chi connectivity index (χ2n) is 5.18. The van der Waals surface area contributed by atoms with Crippen molar-refractivity contribution in [3.63, 3.8) is 0 Å². The maximum Gasteiger partial charge on any atom is 0.262 e. The summed E-state index contributed by atoms with van der Waals surface area (Å²) in [4.78, 5) is 16.2. The Bertz CT molecular complexity index is 679. The van der Waals surface area contributed by atoms with Crippen LogP contribution in [-0.4, -0.2) is 56.1 Å². The lowest BCUT2D eigenvalue weighted by molar-refractivity contribution is -0.118. The number of hydrogen-bond acceptors (Lipinski definition) is 7. The number of nitrogens with one attached hydrogen (secondary N) is 2. The van der Waals surface area contributed by atoms with Crippen LogP contribution >= 0.6 is 0 Å². The fourth-order valence-electron chi connectivity index (χ4n) is 2.07. The minimum absolute atomic E-state index is 0.00735. The molecular formula is C18H23N3O5. The summed E-state index contributed by atoms with van der Waals surface area (Å²) in [5.41, 5.74) is 0.570. The zero-order valence-corrected chi connectivity index (χ0v) is 14.6. The van der Waals surface area contributed by atoms with Gasteiger partial charge in [0, 0.05) is 6.54 Å². The Morgan fingerprint density at radius 3 is 2.65 bits per heavy atom. The third-order valence-electron chi connectivity index (χ3n) is 3.26. The molecule has 1 aromatic carbocycles. The number of anilines is 2. The van der Waals surface area contributed by atoms with E-state index in [2.05, 4.69) is 15.6 Å². The summed E-state index contributed by atoms with van der Waals surface area (Å²) in [5.74, 6) is 1.45. The average Bonchev–Trinajstić information content (AvgIpc) is 2.67. The van der Waals surface area contributed by atoms with Crippen LogP contribution in [0.3, 0.4) is 0 Å². The molecule has 26 heavy (non-hydrogen) atoms. The second-order valence-corrected chi connectivity index (χ2v) is 5.18. The van der Waals surface area contributed by atoms with E-state index in [0.717, 1.165) is 0 Å². The largest absolute Gasteiger partial charge is 0.493 e. The molecule has 0 atom stereocenters. The first-order valence-corrected chi connectivity index (χ1v) is 8.17. The summed E-state index contributed by atoms with van der Waals surface area (Å²) in [6.45, 7) is 1.24. The minimum atomic E-state index is -0.296. The molecule has 1 amide bonds. The molecule has 8 heteroatoms. The number of rotatable bonds is 11. The SMILES string of the molecule is COc1ccccc1OCC(=O)Nc1ccc(NCCOCCO)nc1. The zero-order chi connectivity index (χ0) is 18.6. The number of hydrogen-bond donors (Lipinski definition) is 3. The molecule has 0 aliphatic carbocycles. The van der Waals surface area contributed by atoms with Gasteiger partial charge in [0.25, 0.3) is 5.91 Å². The van der Waals surface area contributed by atoms with Gasteiger partial charge in [-0.25, -0.2) is 4.98 Å². The Morgan fingerprint density at radius 1 is 1.15 bits per heavy atom. The fraction of sp³-hybridized carbons (Fsp3) is 0.333. The summed E-state index contributed by atoms with van der Waals surface area (Å²) in [6.07, 6.45) is 1.55. The number of aliphatic hydroxyl groups is 1. The Kier molecular flexibility index (Phi) is 8.17. The topological polar surface area (TPSA) is 102 Å². The molecule has 0 fully saturated rings. The van der Waals surface area contributed by atoms with Gasteiger partial charge in [0.1, 0.15) is 5.82 Å². The van der Waals surface area contributed by atoms with E-state index in [1.165, 1.54) is 0 Å². The van der Waals surface area contributed by atoms with E-state index in [0.29, 0.717) is 42.8 Å². The van der Waals surface area contributed by atoms with Crippen molar-refractivity contribution in [2.75, 3.05) is 50.7 Å². The van der Waals surface area contributed by atoms with Gasteiger partial charge in [0.05, 0.1) is 38.8 Å². The van der Waals surface area contributed by atoms with Gasteiger partial charge in [-0.1, -0.05) is 12.1 Å². The fourth-order valence-corrected chi connectivity index (χ4v) is 2.07. The summed E-state index contributed by atoms with van der Waals surface area (Å²) in [5, 5.41) is 14.4. The van der Waals surface area contributed by atoms with Crippen LogP contribution in [0.25, 0.3) is 0 Å². The standard InChI is InChI=1S/C18H23N3O5/c1-24-15-4-2-3-5-16(15)26-13-18(23)21-14-6-7-17(20-12-14)19-8-10-25-11-9-22/h2-7,12,22H,8-11,13H2,1H3,(H,19,20)(H,21,23). The molecular weight excluding hydrogens is 338 g/mol. The first-order valence-electron chi connectivity index (χ1n) is 8.17. The van der Waals surface area contributed by atoms with Crippen LogP contribution in [0.2, 0.25) is 0 Å². The predicted octanol–water partition coefficient (Wildman–Crippen LogP) is 1.53. The average molecular weight is 361 g/mol. The Labute approximate surface area is 152 Å². The number of para-hydroxylation sites is 2. The van der Waals surface area contributed by atoms with Gasteiger partial charge in [0.15, 0.2) is 18.1 Å². The first-order chi connectivity index (χ1) is 12.7. The number of ether oxygens (including phenoxy) is 3. The lowest BCUT2D eigenvalue weighted by Gasteiger charge is -2.11. The van der Waals surface area contributed by atoms with Crippen molar-refractivity contribution < 1.29 is 24.1 Å². The molecule has 0 spiro atoms. The molecule has 0 radical (unpaired) electrons. The number of amides is 1. The van der Waals surface area contributed by atoms with Gasteiger partial charge < -0.3 is 30.0 Å². The third kappa shape index (κ3) is 6.58. The van der Waals surface area contributed by atoms with Crippen molar-refractivity contribution in [1.29, 1.82) is 0 Å². The van der Waals surface area contributed by atoms with Crippen LogP contribution in [-0.2, 0) is 9.53 Å². The number of carbonyl (C=O) groups excluding carboxylic acids is 1. The number of benzene rings is 1. The van der Waals surface area contributed by atoms with Gasteiger partial charge >= 0.3 is 0 Å². The molecule has 140 valence electrons. The molecule has 0 saturated heterocycles. The van der Waals surface area contributed by atoms with Crippen LogP contribution in [0.15, 0.2) is 42.6 Å². The van der Waals surface area contributed by atoms with Crippen LogP contribution < -0.4 is 20.1 Å². The highest BCUT2D eigenvalue weighted by Gasteiger charge is 2.07. The van der Waals surface area contributed by atoms with E-state index in [4.69, 9.17) is 19.3 Å². The van der Waals surface area contributed by atoms with E-state index < -0.39 is 0 Å². The molecule has 8 nitrogen and oxygen atoms in total. The van der Waals surface area contributed by atoms with E-state index >= 15 is 0 Å². The van der Waals surface area contributed by atoms with Gasteiger partial charge in [-0.3, -0.25) is 4.79 Å². The van der Waals surface area contributed by atoms with Crippen LogP contribution in [0, 0.1) is 0 Å². The van der Waals surface area contributed by atoms with E-state index in [1.807, 2.05) is 6.07 Å². The molecule has 0 aliphatic rings. The minimum Gasteiger partial charge on any atom is -0.493 e. The maximum absolute atomic E-state index is 12.0. The lowest BCUT2D eigenvalue weighted by atomic mass is 10.3. The molecule has 3 N–H and O–H groups in total. The van der Waals surface area contributed by atoms with Gasteiger partial charge in [0.2, 0.25) is 0 Å².